The number of aromatic nitrogens is 1. The molecule has 1 N–H and O–H groups in total. The molecule has 1 aromatic rings. The Kier molecular flexibility index (Phi) is 4.03. The lowest BCUT2D eigenvalue weighted by Gasteiger charge is -1.98. The summed E-state index contributed by atoms with van der Waals surface area (Å²) in [7, 11) is 1.49. The second-order valence-corrected chi connectivity index (χ2v) is 4.06. The van der Waals surface area contributed by atoms with Crippen LogP contribution in [0.1, 0.15) is 17.5 Å². The van der Waals surface area contributed by atoms with Crippen LogP contribution in [-0.4, -0.2) is 24.6 Å². The largest absolute Gasteiger partial charge is 0.375 e. The number of hydrogen-bond acceptors (Lipinski definition) is 4. The van der Waals surface area contributed by atoms with Gasteiger partial charge in [-0.1, -0.05) is 6.92 Å². The van der Waals surface area contributed by atoms with Crippen molar-refractivity contribution in [2.75, 3.05) is 19.0 Å². The summed E-state index contributed by atoms with van der Waals surface area (Å²) >= 11 is 1.49. The minimum absolute atomic E-state index is 0.0695. The normalized spacial score (nSPS) is 10.2. The summed E-state index contributed by atoms with van der Waals surface area (Å²) in [6, 6.07) is 0. The fourth-order valence-corrected chi connectivity index (χ4v) is 2.01. The van der Waals surface area contributed by atoms with Gasteiger partial charge < -0.3 is 4.74 Å². The van der Waals surface area contributed by atoms with Crippen LogP contribution in [0.2, 0.25) is 0 Å². The van der Waals surface area contributed by atoms with Crippen LogP contribution in [0.5, 0.6) is 0 Å². The Morgan fingerprint density at radius 2 is 2.36 bits per heavy atom. The van der Waals surface area contributed by atoms with E-state index < -0.39 is 0 Å². The Morgan fingerprint density at radius 3 is 2.86 bits per heavy atom. The van der Waals surface area contributed by atoms with E-state index in [1.165, 1.54) is 18.4 Å². The fourth-order valence-electron chi connectivity index (χ4n) is 1.10. The summed E-state index contributed by atoms with van der Waals surface area (Å²) in [5.41, 5.74) is 1.04. The molecule has 0 spiro atoms. The summed E-state index contributed by atoms with van der Waals surface area (Å²) in [6.07, 6.45) is 0.891. The topological polar surface area (TPSA) is 51.2 Å². The molecule has 1 rings (SSSR count). The molecular formula is C9H14N2O2S. The second-order valence-electron chi connectivity index (χ2n) is 2.86. The van der Waals surface area contributed by atoms with Crippen molar-refractivity contribution >= 4 is 22.4 Å². The number of carbonyl (C=O) groups excluding carboxylic acids is 1. The van der Waals surface area contributed by atoms with Crippen molar-refractivity contribution in [3.8, 4) is 0 Å². The standard InChI is InChI=1S/C9H14N2O2S/c1-4-7-6(2)14-9(10-7)11-8(12)5-13-3/h4-5H2,1-3H3,(H,10,11,12). The smallest absolute Gasteiger partial charge is 0.252 e. The summed E-state index contributed by atoms with van der Waals surface area (Å²) in [6.45, 7) is 4.12. The maximum atomic E-state index is 11.2. The van der Waals surface area contributed by atoms with Crippen LogP contribution in [0, 0.1) is 6.92 Å². The molecule has 14 heavy (non-hydrogen) atoms. The van der Waals surface area contributed by atoms with Gasteiger partial charge in [-0.15, -0.1) is 11.3 Å². The van der Waals surface area contributed by atoms with E-state index in [1.54, 1.807) is 0 Å². The molecule has 5 heteroatoms. The van der Waals surface area contributed by atoms with E-state index >= 15 is 0 Å². The first kappa shape index (κ1) is 11.1. The van der Waals surface area contributed by atoms with Crippen LogP contribution in [0.4, 0.5) is 5.13 Å². The third-order valence-corrected chi connectivity index (χ3v) is 2.68. The number of carbonyl (C=O) groups is 1. The Hall–Kier alpha value is -0.940. The molecule has 0 aromatic carbocycles. The molecule has 0 aliphatic rings. The van der Waals surface area contributed by atoms with E-state index in [2.05, 4.69) is 10.3 Å². The highest BCUT2D eigenvalue weighted by Gasteiger charge is 2.08. The molecule has 1 heterocycles. The molecule has 0 radical (unpaired) electrons. The van der Waals surface area contributed by atoms with Gasteiger partial charge in [0.05, 0.1) is 5.69 Å². The van der Waals surface area contributed by atoms with E-state index in [9.17, 15) is 4.79 Å². The lowest BCUT2D eigenvalue weighted by molar-refractivity contribution is -0.119. The number of aryl methyl sites for hydroxylation is 2. The van der Waals surface area contributed by atoms with Gasteiger partial charge in [-0.3, -0.25) is 10.1 Å². The lowest BCUT2D eigenvalue weighted by Crippen LogP contribution is -2.16. The SMILES string of the molecule is CCc1nc(NC(=O)COC)sc1C. The molecule has 1 amide bonds. The third-order valence-electron chi connectivity index (χ3n) is 1.75. The zero-order valence-electron chi connectivity index (χ0n) is 8.59. The first-order valence-corrected chi connectivity index (χ1v) is 5.24. The molecule has 0 fully saturated rings. The van der Waals surface area contributed by atoms with Crippen molar-refractivity contribution in [2.45, 2.75) is 20.3 Å². The van der Waals surface area contributed by atoms with Crippen LogP contribution in [0.3, 0.4) is 0 Å². The van der Waals surface area contributed by atoms with Gasteiger partial charge in [0.1, 0.15) is 6.61 Å². The number of anilines is 1. The monoisotopic (exact) mass is 214 g/mol. The summed E-state index contributed by atoms with van der Waals surface area (Å²) in [5.74, 6) is -0.163. The highest BCUT2D eigenvalue weighted by Crippen LogP contribution is 2.21. The van der Waals surface area contributed by atoms with Crippen molar-refractivity contribution in [1.82, 2.24) is 4.98 Å². The molecule has 0 saturated carbocycles. The number of ether oxygens (including phenoxy) is 1. The molecule has 0 unspecified atom stereocenters. The minimum Gasteiger partial charge on any atom is -0.375 e. The molecule has 0 atom stereocenters. The van der Waals surface area contributed by atoms with Crippen molar-refractivity contribution in [2.24, 2.45) is 0 Å². The Balaban J connectivity index is 2.63. The van der Waals surface area contributed by atoms with E-state index in [4.69, 9.17) is 4.74 Å². The minimum atomic E-state index is -0.163. The zero-order valence-corrected chi connectivity index (χ0v) is 9.40. The first-order valence-electron chi connectivity index (χ1n) is 4.42. The molecule has 78 valence electrons. The van der Waals surface area contributed by atoms with Gasteiger partial charge in [0, 0.05) is 12.0 Å². The van der Waals surface area contributed by atoms with E-state index in [1.807, 2.05) is 13.8 Å². The van der Waals surface area contributed by atoms with Crippen molar-refractivity contribution in [3.05, 3.63) is 10.6 Å². The van der Waals surface area contributed by atoms with Crippen molar-refractivity contribution in [1.29, 1.82) is 0 Å². The highest BCUT2D eigenvalue weighted by molar-refractivity contribution is 7.15. The number of rotatable bonds is 4. The Bertz CT molecular complexity index is 323. The molecule has 0 aliphatic carbocycles. The predicted molar refractivity (Wildman–Crippen MR) is 56.7 cm³/mol. The number of thiazole rings is 1. The fraction of sp³-hybridized carbons (Fsp3) is 0.556. The number of nitrogens with zero attached hydrogens (tertiary/aromatic N) is 1. The van der Waals surface area contributed by atoms with Gasteiger partial charge in [-0.05, 0) is 13.3 Å². The molecule has 0 saturated heterocycles. The Morgan fingerprint density at radius 1 is 1.64 bits per heavy atom. The third kappa shape index (κ3) is 2.78. The average molecular weight is 214 g/mol. The van der Waals surface area contributed by atoms with Crippen LogP contribution in [0.15, 0.2) is 0 Å². The zero-order chi connectivity index (χ0) is 10.6. The quantitative estimate of drug-likeness (QED) is 0.828. The van der Waals surface area contributed by atoms with Gasteiger partial charge in [0.25, 0.3) is 5.91 Å². The first-order chi connectivity index (χ1) is 6.67. The second kappa shape index (κ2) is 5.07. The molecular weight excluding hydrogens is 200 g/mol. The van der Waals surface area contributed by atoms with E-state index in [0.29, 0.717) is 5.13 Å². The van der Waals surface area contributed by atoms with Crippen LogP contribution < -0.4 is 5.32 Å². The number of nitrogens with one attached hydrogen (secondary N) is 1. The molecule has 4 nitrogen and oxygen atoms in total. The highest BCUT2D eigenvalue weighted by atomic mass is 32.1. The molecule has 0 bridgehead atoms. The summed E-state index contributed by atoms with van der Waals surface area (Å²) in [5, 5.41) is 3.34. The van der Waals surface area contributed by atoms with Gasteiger partial charge in [0.15, 0.2) is 5.13 Å². The average Bonchev–Trinajstić information content (AvgIpc) is 2.46. The summed E-state index contributed by atoms with van der Waals surface area (Å²) < 4.78 is 4.70. The predicted octanol–water partition coefficient (Wildman–Crippen LogP) is 1.60. The number of hydrogen-bond donors (Lipinski definition) is 1. The van der Waals surface area contributed by atoms with E-state index in [0.717, 1.165) is 17.0 Å². The van der Waals surface area contributed by atoms with Gasteiger partial charge in [-0.25, -0.2) is 4.98 Å². The van der Waals surface area contributed by atoms with Gasteiger partial charge in [-0.2, -0.15) is 0 Å². The van der Waals surface area contributed by atoms with Crippen molar-refractivity contribution < 1.29 is 9.53 Å². The van der Waals surface area contributed by atoms with Crippen LogP contribution in [-0.2, 0) is 16.0 Å². The Labute approximate surface area is 87.3 Å². The maximum Gasteiger partial charge on any atom is 0.252 e. The molecule has 0 aliphatic heterocycles. The lowest BCUT2D eigenvalue weighted by atomic mass is 10.3. The van der Waals surface area contributed by atoms with Gasteiger partial charge >= 0.3 is 0 Å². The molecule has 1 aromatic heterocycles. The maximum absolute atomic E-state index is 11.2. The van der Waals surface area contributed by atoms with E-state index in [-0.39, 0.29) is 12.5 Å². The number of amides is 1. The van der Waals surface area contributed by atoms with Crippen LogP contribution in [0.25, 0.3) is 0 Å². The summed E-state index contributed by atoms with van der Waals surface area (Å²) in [4.78, 5) is 16.6. The van der Waals surface area contributed by atoms with Crippen LogP contribution >= 0.6 is 11.3 Å². The van der Waals surface area contributed by atoms with Gasteiger partial charge in [0.2, 0.25) is 0 Å². The number of methoxy groups -OCH3 is 1. The van der Waals surface area contributed by atoms with Crippen molar-refractivity contribution in [3.63, 3.8) is 0 Å².